The van der Waals surface area contributed by atoms with Crippen LogP contribution in [0, 0.1) is 6.92 Å². The van der Waals surface area contributed by atoms with Gasteiger partial charge in [-0.1, -0.05) is 48.0 Å². The fraction of sp³-hybridized carbons (Fsp3) is 0.238. The maximum Gasteiger partial charge on any atom is 0.271 e. The first-order valence-electron chi connectivity index (χ1n) is 9.16. The highest BCUT2D eigenvalue weighted by molar-refractivity contribution is 8.15. The molecule has 3 amide bonds. The summed E-state index contributed by atoms with van der Waals surface area (Å²) in [6.07, 6.45) is 0. The van der Waals surface area contributed by atoms with E-state index in [1.165, 1.54) is 18.9 Å². The molecule has 8 heteroatoms. The summed E-state index contributed by atoms with van der Waals surface area (Å²) in [6.45, 7) is 5.04. The molecule has 2 aliphatic heterocycles. The van der Waals surface area contributed by atoms with Crippen LogP contribution in [0.25, 0.3) is 0 Å². The molecule has 0 bridgehead atoms. The summed E-state index contributed by atoms with van der Waals surface area (Å²) in [4.78, 5) is 38.1. The van der Waals surface area contributed by atoms with Crippen molar-refractivity contribution in [3.8, 4) is 0 Å². The zero-order chi connectivity index (χ0) is 20.8. The van der Waals surface area contributed by atoms with Gasteiger partial charge in [0.1, 0.15) is 0 Å². The molecule has 7 nitrogen and oxygen atoms in total. The summed E-state index contributed by atoms with van der Waals surface area (Å²) in [5, 5.41) is 8.31. The van der Waals surface area contributed by atoms with Gasteiger partial charge in [0.05, 0.1) is 12.2 Å². The number of fused-ring (bicyclic) bond motifs is 2. The van der Waals surface area contributed by atoms with Crippen molar-refractivity contribution >= 4 is 40.3 Å². The van der Waals surface area contributed by atoms with Crippen LogP contribution in [0.3, 0.4) is 0 Å². The molecule has 1 N–H and O–H groups in total. The van der Waals surface area contributed by atoms with E-state index in [9.17, 15) is 14.4 Å². The normalized spacial score (nSPS) is 20.1. The highest BCUT2D eigenvalue weighted by Gasteiger charge is 2.61. The Bertz CT molecular complexity index is 1050. The van der Waals surface area contributed by atoms with Crippen molar-refractivity contribution in [1.29, 1.82) is 0 Å². The number of thioether (sulfide) groups is 1. The Morgan fingerprint density at radius 1 is 1.14 bits per heavy atom. The van der Waals surface area contributed by atoms with Crippen LogP contribution < -0.4 is 10.2 Å². The molecule has 0 unspecified atom stereocenters. The van der Waals surface area contributed by atoms with Gasteiger partial charge in [-0.3, -0.25) is 14.4 Å². The highest BCUT2D eigenvalue weighted by atomic mass is 32.2. The number of hydrazone groups is 1. The first-order valence-corrected chi connectivity index (χ1v) is 9.97. The van der Waals surface area contributed by atoms with Crippen molar-refractivity contribution in [3.05, 3.63) is 65.2 Å². The molecule has 0 fully saturated rings. The number of amidine groups is 1. The van der Waals surface area contributed by atoms with E-state index >= 15 is 0 Å². The second-order valence-corrected chi connectivity index (χ2v) is 8.24. The van der Waals surface area contributed by atoms with Gasteiger partial charge in [0.2, 0.25) is 16.7 Å². The third-order valence-electron chi connectivity index (χ3n) is 4.84. The van der Waals surface area contributed by atoms with Gasteiger partial charge in [-0.2, -0.15) is 5.01 Å². The number of rotatable bonds is 2. The van der Waals surface area contributed by atoms with E-state index < -0.39 is 4.87 Å². The van der Waals surface area contributed by atoms with Crippen LogP contribution in [0.5, 0.6) is 0 Å². The van der Waals surface area contributed by atoms with Crippen LogP contribution in [0.4, 0.5) is 5.69 Å². The molecule has 4 rings (SSSR count). The van der Waals surface area contributed by atoms with Crippen molar-refractivity contribution in [2.75, 3.05) is 4.90 Å². The van der Waals surface area contributed by atoms with E-state index in [1.807, 2.05) is 55.5 Å². The van der Waals surface area contributed by atoms with E-state index in [1.54, 1.807) is 4.90 Å². The number of amides is 3. The zero-order valence-electron chi connectivity index (χ0n) is 16.3. The maximum absolute atomic E-state index is 13.8. The summed E-state index contributed by atoms with van der Waals surface area (Å²) in [5.41, 5.74) is 3.38. The molecule has 0 radical (unpaired) electrons. The minimum absolute atomic E-state index is 0.232. The zero-order valence-corrected chi connectivity index (χ0v) is 17.1. The molecule has 2 aliphatic rings. The topological polar surface area (TPSA) is 82.1 Å². The third kappa shape index (κ3) is 3.09. The molecule has 0 saturated carbocycles. The van der Waals surface area contributed by atoms with Crippen molar-refractivity contribution in [2.24, 2.45) is 5.10 Å². The second kappa shape index (κ2) is 7.04. The van der Waals surface area contributed by atoms with Gasteiger partial charge in [-0.15, -0.1) is 5.10 Å². The maximum atomic E-state index is 13.8. The summed E-state index contributed by atoms with van der Waals surface area (Å²) < 4.78 is 0. The Kier molecular flexibility index (Phi) is 4.66. The Morgan fingerprint density at radius 3 is 2.52 bits per heavy atom. The van der Waals surface area contributed by atoms with Crippen molar-refractivity contribution in [3.63, 3.8) is 0 Å². The smallest absolute Gasteiger partial charge is 0.271 e. The average Bonchev–Trinajstić information content (AvgIpc) is 3.15. The van der Waals surface area contributed by atoms with Gasteiger partial charge in [0.15, 0.2) is 5.17 Å². The third-order valence-corrected chi connectivity index (χ3v) is 6.08. The molecule has 0 aromatic heterocycles. The standard InChI is InChI=1S/C21H20N4O3S/c1-13-9-10-18-17(11-13)21(19(28)24(18)12-16-7-5-4-6-8-16)25(15(3)27)23-20(29-21)22-14(2)26/h4-11H,12H2,1-3H3,(H,22,23,26)/t21-/m1/s1. The van der Waals surface area contributed by atoms with Gasteiger partial charge >= 0.3 is 0 Å². The van der Waals surface area contributed by atoms with Gasteiger partial charge in [0.25, 0.3) is 5.91 Å². The molecule has 0 aliphatic carbocycles. The van der Waals surface area contributed by atoms with E-state index in [-0.39, 0.29) is 22.9 Å². The summed E-state index contributed by atoms with van der Waals surface area (Å²) in [5.74, 6) is -0.945. The lowest BCUT2D eigenvalue weighted by molar-refractivity contribution is -0.139. The SMILES string of the molecule is CC(=O)NC1=NN(C(C)=O)[C@]2(S1)C(=O)N(Cc1ccccc1)c1ccc(C)cc12. The first-order chi connectivity index (χ1) is 13.8. The highest BCUT2D eigenvalue weighted by Crippen LogP contribution is 2.54. The lowest BCUT2D eigenvalue weighted by atomic mass is 10.0. The lowest BCUT2D eigenvalue weighted by Crippen LogP contribution is -2.48. The number of nitrogens with zero attached hydrogens (tertiary/aromatic N) is 3. The molecule has 0 saturated heterocycles. The largest absolute Gasteiger partial charge is 0.304 e. The summed E-state index contributed by atoms with van der Waals surface area (Å²) >= 11 is 1.09. The summed E-state index contributed by atoms with van der Waals surface area (Å²) in [7, 11) is 0. The minimum Gasteiger partial charge on any atom is -0.304 e. The van der Waals surface area contributed by atoms with E-state index in [0.29, 0.717) is 12.1 Å². The van der Waals surface area contributed by atoms with Gasteiger partial charge in [0, 0.05) is 19.4 Å². The predicted molar refractivity (Wildman–Crippen MR) is 112 cm³/mol. The number of nitrogens with one attached hydrogen (secondary N) is 1. The van der Waals surface area contributed by atoms with Gasteiger partial charge in [-0.05, 0) is 30.3 Å². The molecule has 148 valence electrons. The molecule has 2 aromatic rings. The number of benzene rings is 2. The fourth-order valence-electron chi connectivity index (χ4n) is 3.65. The predicted octanol–water partition coefficient (Wildman–Crippen LogP) is 2.70. The number of carbonyl (C=O) groups is 3. The number of carbonyl (C=O) groups excluding carboxylic acids is 3. The Morgan fingerprint density at radius 2 is 1.86 bits per heavy atom. The van der Waals surface area contributed by atoms with Crippen LogP contribution in [0.15, 0.2) is 53.6 Å². The molecule has 1 spiro atoms. The van der Waals surface area contributed by atoms with Crippen LogP contribution in [-0.2, 0) is 25.8 Å². The van der Waals surface area contributed by atoms with Gasteiger partial charge < -0.3 is 10.2 Å². The van der Waals surface area contributed by atoms with E-state index in [0.717, 1.165) is 28.6 Å². The van der Waals surface area contributed by atoms with Crippen molar-refractivity contribution < 1.29 is 14.4 Å². The molecule has 29 heavy (non-hydrogen) atoms. The average molecular weight is 408 g/mol. The van der Waals surface area contributed by atoms with Crippen LogP contribution in [0.2, 0.25) is 0 Å². The fourth-order valence-corrected chi connectivity index (χ4v) is 4.97. The Labute approximate surface area is 172 Å². The molecule has 2 heterocycles. The van der Waals surface area contributed by atoms with Gasteiger partial charge in [-0.25, -0.2) is 0 Å². The van der Waals surface area contributed by atoms with Crippen LogP contribution in [0.1, 0.15) is 30.5 Å². The molecular weight excluding hydrogens is 388 g/mol. The monoisotopic (exact) mass is 408 g/mol. The molecule has 1 atom stereocenters. The van der Waals surface area contributed by atoms with Crippen LogP contribution >= 0.6 is 11.8 Å². The van der Waals surface area contributed by atoms with E-state index in [4.69, 9.17) is 0 Å². The summed E-state index contributed by atoms with van der Waals surface area (Å²) in [6, 6.07) is 15.4. The molecular formula is C21H20N4O3S. The van der Waals surface area contributed by atoms with Crippen molar-refractivity contribution in [2.45, 2.75) is 32.2 Å². The Hall–Kier alpha value is -3.13. The quantitative estimate of drug-likeness (QED) is 0.828. The minimum atomic E-state index is -1.36. The van der Waals surface area contributed by atoms with Crippen molar-refractivity contribution in [1.82, 2.24) is 10.3 Å². The lowest BCUT2D eigenvalue weighted by Gasteiger charge is -2.29. The second-order valence-electron chi connectivity index (χ2n) is 7.06. The van der Waals surface area contributed by atoms with Crippen LogP contribution in [-0.4, -0.2) is 27.9 Å². The molecule has 2 aromatic carbocycles. The van der Waals surface area contributed by atoms with E-state index in [2.05, 4.69) is 10.4 Å². The number of hydrogen-bond acceptors (Lipinski definition) is 5. The number of anilines is 1. The number of hydrogen-bond donors (Lipinski definition) is 1. The number of aryl methyl sites for hydroxylation is 1. The Balaban J connectivity index is 1.83. The first kappa shape index (κ1) is 19.2.